The fraction of sp³-hybridized carbons (Fsp3) is 0.292. The number of fused-ring (bicyclic) bond motifs is 1. The number of aromatic nitrogens is 4. The van der Waals surface area contributed by atoms with Crippen LogP contribution < -0.4 is 26.0 Å². The summed E-state index contributed by atoms with van der Waals surface area (Å²) >= 11 is 0. The van der Waals surface area contributed by atoms with Gasteiger partial charge in [-0.2, -0.15) is 4.98 Å². The highest BCUT2D eigenvalue weighted by Gasteiger charge is 2.20. The first-order valence-electron chi connectivity index (χ1n) is 10.9. The lowest BCUT2D eigenvalue weighted by atomic mass is 10.1. The third-order valence-electron chi connectivity index (χ3n) is 5.52. The Balaban J connectivity index is 1.63. The van der Waals surface area contributed by atoms with Gasteiger partial charge in [0.25, 0.3) is 5.56 Å². The Kier molecular flexibility index (Phi) is 6.69. The molecule has 0 fully saturated rings. The summed E-state index contributed by atoms with van der Waals surface area (Å²) in [5, 5.41) is 13.9. The maximum Gasteiger partial charge on any atom is 0.329 e. The van der Waals surface area contributed by atoms with Crippen molar-refractivity contribution >= 4 is 22.8 Å². The van der Waals surface area contributed by atoms with Crippen LogP contribution in [0.15, 0.2) is 58.1 Å². The maximum atomic E-state index is 12.7. The highest BCUT2D eigenvalue weighted by molar-refractivity contribution is 5.75. The van der Waals surface area contributed by atoms with Gasteiger partial charge in [0.2, 0.25) is 5.95 Å². The summed E-state index contributed by atoms with van der Waals surface area (Å²) in [5.41, 5.74) is 1.19. The molecule has 4 aromatic rings. The molecule has 34 heavy (non-hydrogen) atoms. The predicted molar refractivity (Wildman–Crippen MR) is 129 cm³/mol. The molecule has 0 radical (unpaired) electrons. The maximum absolute atomic E-state index is 12.7. The summed E-state index contributed by atoms with van der Waals surface area (Å²) in [6, 6.07) is 14.8. The third-order valence-corrected chi connectivity index (χ3v) is 5.52. The first kappa shape index (κ1) is 23.1. The van der Waals surface area contributed by atoms with Crippen LogP contribution in [-0.4, -0.2) is 44.0 Å². The van der Waals surface area contributed by atoms with Crippen LogP contribution in [0.5, 0.6) is 11.5 Å². The van der Waals surface area contributed by atoms with Crippen molar-refractivity contribution in [3.63, 3.8) is 0 Å². The summed E-state index contributed by atoms with van der Waals surface area (Å²) in [6.07, 6.45) is -0.0458. The summed E-state index contributed by atoms with van der Waals surface area (Å²) in [5.74, 6) is 1.60. The van der Waals surface area contributed by atoms with Gasteiger partial charge in [0.15, 0.2) is 11.2 Å². The molecular formula is C24H27N5O5. The Labute approximate surface area is 195 Å². The standard InChI is InChI=1S/C24H27N5O5/c1-4-15-5-7-16(8-6-15)25-23-26-21-20(22(31)27-24(32)28(21)2)29(23)13-17(30)14-34-19-11-9-18(33-3)10-12-19/h5-12,17,30H,4,13-14H2,1-3H3,(H,25,26)(H,27,31,32). The Morgan fingerprint density at radius 3 is 2.41 bits per heavy atom. The van der Waals surface area contributed by atoms with Crippen LogP contribution in [0.25, 0.3) is 11.2 Å². The second-order valence-corrected chi connectivity index (χ2v) is 7.85. The molecule has 0 bridgehead atoms. The molecule has 3 N–H and O–H groups in total. The van der Waals surface area contributed by atoms with Crippen LogP contribution >= 0.6 is 0 Å². The third kappa shape index (κ3) is 4.81. The molecular weight excluding hydrogens is 438 g/mol. The number of hydrogen-bond donors (Lipinski definition) is 3. The molecule has 2 aromatic heterocycles. The number of imidazole rings is 1. The highest BCUT2D eigenvalue weighted by atomic mass is 16.5. The Morgan fingerprint density at radius 1 is 1.09 bits per heavy atom. The number of aryl methyl sites for hydroxylation is 2. The monoisotopic (exact) mass is 465 g/mol. The molecule has 2 aromatic carbocycles. The van der Waals surface area contributed by atoms with Gasteiger partial charge >= 0.3 is 5.69 Å². The lowest BCUT2D eigenvalue weighted by Gasteiger charge is -2.16. The number of hydrogen-bond acceptors (Lipinski definition) is 7. The molecule has 0 amide bonds. The Hall–Kier alpha value is -4.05. The van der Waals surface area contributed by atoms with Crippen LogP contribution in [0, 0.1) is 0 Å². The average Bonchev–Trinajstić information content (AvgIpc) is 3.20. The van der Waals surface area contributed by atoms with Crippen molar-refractivity contribution < 1.29 is 14.6 Å². The smallest absolute Gasteiger partial charge is 0.329 e. The van der Waals surface area contributed by atoms with E-state index < -0.39 is 17.4 Å². The van der Waals surface area contributed by atoms with E-state index in [1.54, 1.807) is 35.9 Å². The van der Waals surface area contributed by atoms with E-state index in [0.29, 0.717) is 17.4 Å². The van der Waals surface area contributed by atoms with Crippen molar-refractivity contribution in [1.29, 1.82) is 0 Å². The molecule has 2 heterocycles. The van der Waals surface area contributed by atoms with E-state index in [2.05, 4.69) is 22.2 Å². The second-order valence-electron chi connectivity index (χ2n) is 7.85. The molecule has 10 nitrogen and oxygen atoms in total. The molecule has 10 heteroatoms. The lowest BCUT2D eigenvalue weighted by molar-refractivity contribution is 0.0938. The lowest BCUT2D eigenvalue weighted by Crippen LogP contribution is -2.30. The molecule has 4 rings (SSSR count). The summed E-state index contributed by atoms with van der Waals surface area (Å²) in [6.45, 7) is 2.08. The fourth-order valence-corrected chi connectivity index (χ4v) is 3.59. The zero-order valence-corrected chi connectivity index (χ0v) is 19.2. The van der Waals surface area contributed by atoms with Crippen LogP contribution in [0.2, 0.25) is 0 Å². The number of nitrogens with zero attached hydrogens (tertiary/aromatic N) is 3. The number of H-pyrrole nitrogens is 1. The topological polar surface area (TPSA) is 123 Å². The summed E-state index contributed by atoms with van der Waals surface area (Å²) < 4.78 is 13.6. The quantitative estimate of drug-likeness (QED) is 0.346. The van der Waals surface area contributed by atoms with Gasteiger partial charge in [0.1, 0.15) is 24.2 Å². The van der Waals surface area contributed by atoms with Crippen molar-refractivity contribution in [3.05, 3.63) is 74.9 Å². The predicted octanol–water partition coefficient (Wildman–Crippen LogP) is 2.18. The Morgan fingerprint density at radius 2 is 1.76 bits per heavy atom. The van der Waals surface area contributed by atoms with Crippen LogP contribution in [0.3, 0.4) is 0 Å². The minimum Gasteiger partial charge on any atom is -0.497 e. The van der Waals surface area contributed by atoms with E-state index in [1.165, 1.54) is 17.2 Å². The molecule has 0 spiro atoms. The molecule has 0 aliphatic heterocycles. The van der Waals surface area contributed by atoms with E-state index in [0.717, 1.165) is 12.1 Å². The van der Waals surface area contributed by atoms with Crippen molar-refractivity contribution in [2.45, 2.75) is 26.0 Å². The largest absolute Gasteiger partial charge is 0.497 e. The van der Waals surface area contributed by atoms with Gasteiger partial charge in [-0.15, -0.1) is 0 Å². The first-order chi connectivity index (χ1) is 16.4. The van der Waals surface area contributed by atoms with Gasteiger partial charge in [-0.3, -0.25) is 14.3 Å². The van der Waals surface area contributed by atoms with E-state index in [4.69, 9.17) is 9.47 Å². The van der Waals surface area contributed by atoms with Crippen LogP contribution in [0.4, 0.5) is 11.6 Å². The second kappa shape index (κ2) is 9.84. The van der Waals surface area contributed by atoms with Crippen molar-refractivity contribution in [1.82, 2.24) is 19.1 Å². The molecule has 1 atom stereocenters. The average molecular weight is 466 g/mol. The van der Waals surface area contributed by atoms with Crippen molar-refractivity contribution in [2.75, 3.05) is 19.0 Å². The number of aliphatic hydroxyl groups is 1. The molecule has 0 saturated heterocycles. The minimum atomic E-state index is -0.959. The molecule has 0 aliphatic carbocycles. The van der Waals surface area contributed by atoms with Gasteiger partial charge in [-0.25, -0.2) is 4.79 Å². The number of aliphatic hydroxyl groups excluding tert-OH is 1. The number of aromatic amines is 1. The van der Waals surface area contributed by atoms with Gasteiger partial charge in [-0.1, -0.05) is 19.1 Å². The van der Waals surface area contributed by atoms with Gasteiger partial charge < -0.3 is 24.5 Å². The first-order valence-corrected chi connectivity index (χ1v) is 10.9. The number of methoxy groups -OCH3 is 1. The normalized spacial score (nSPS) is 12.0. The summed E-state index contributed by atoms with van der Waals surface area (Å²) in [7, 11) is 3.11. The number of ether oxygens (including phenoxy) is 2. The van der Waals surface area contributed by atoms with E-state index in [-0.39, 0.29) is 24.3 Å². The highest BCUT2D eigenvalue weighted by Crippen LogP contribution is 2.22. The van der Waals surface area contributed by atoms with E-state index >= 15 is 0 Å². The Bertz CT molecular complexity index is 1390. The van der Waals surface area contributed by atoms with Gasteiger partial charge in [0, 0.05) is 12.7 Å². The number of nitrogens with one attached hydrogen (secondary N) is 2. The van der Waals surface area contributed by atoms with Gasteiger partial charge in [0.05, 0.1) is 13.7 Å². The number of anilines is 2. The minimum absolute atomic E-state index is 0.0136. The van der Waals surface area contributed by atoms with E-state index in [1.807, 2.05) is 24.3 Å². The van der Waals surface area contributed by atoms with Crippen molar-refractivity contribution in [2.24, 2.45) is 7.05 Å². The molecule has 178 valence electrons. The SMILES string of the molecule is CCc1ccc(Nc2nc3c(c(=O)[nH]c(=O)n3C)n2CC(O)COc2ccc(OC)cc2)cc1. The zero-order chi connectivity index (χ0) is 24.2. The number of rotatable bonds is 9. The van der Waals surface area contributed by atoms with Crippen molar-refractivity contribution in [3.8, 4) is 11.5 Å². The molecule has 0 aliphatic rings. The molecule has 1 unspecified atom stereocenters. The molecule has 0 saturated carbocycles. The van der Waals surface area contributed by atoms with Gasteiger partial charge in [-0.05, 0) is 48.4 Å². The summed E-state index contributed by atoms with van der Waals surface area (Å²) in [4.78, 5) is 31.5. The fourth-order valence-electron chi connectivity index (χ4n) is 3.59. The van der Waals surface area contributed by atoms with E-state index in [9.17, 15) is 14.7 Å². The number of benzene rings is 2. The zero-order valence-electron chi connectivity index (χ0n) is 19.2. The van der Waals surface area contributed by atoms with Crippen LogP contribution in [-0.2, 0) is 20.0 Å². The van der Waals surface area contributed by atoms with Crippen LogP contribution in [0.1, 0.15) is 12.5 Å².